The fraction of sp³-hybridized carbons (Fsp3) is 0. The standard InChI is InChI=1S/C51H28N4O2/c1-2-12-31-29(11-1)23-24-30-25-26-33-32(45(30)31)27-28-40-46(33)34-13-3-6-18-39(34)55(40)51-53-49(37-16-9-21-43-47(37)35-14-4-7-19-41(35)56-43)52-50(54-51)38-17-10-22-44-48(38)36-15-5-8-20-42(36)57-44/h1-28H. The molecule has 4 aromatic heterocycles. The molecule has 13 aromatic rings. The minimum absolute atomic E-state index is 0.529. The van der Waals surface area contributed by atoms with Gasteiger partial charge in [-0.05, 0) is 68.7 Å². The highest BCUT2D eigenvalue weighted by Crippen LogP contribution is 2.42. The van der Waals surface area contributed by atoms with Crippen molar-refractivity contribution in [2.45, 2.75) is 0 Å². The molecule has 0 saturated carbocycles. The summed E-state index contributed by atoms with van der Waals surface area (Å²) in [6, 6.07) is 59.1. The number of furan rings is 2. The fourth-order valence-electron chi connectivity index (χ4n) is 9.22. The van der Waals surface area contributed by atoms with Gasteiger partial charge in [-0.3, -0.25) is 4.57 Å². The first-order valence-corrected chi connectivity index (χ1v) is 19.1. The molecule has 264 valence electrons. The number of aromatic nitrogens is 4. The van der Waals surface area contributed by atoms with E-state index in [0.29, 0.717) is 17.6 Å². The van der Waals surface area contributed by atoms with Crippen molar-refractivity contribution >= 4 is 98.0 Å². The van der Waals surface area contributed by atoms with Gasteiger partial charge in [-0.2, -0.15) is 9.97 Å². The minimum Gasteiger partial charge on any atom is -0.456 e. The Labute approximate surface area is 323 Å². The Hall–Kier alpha value is -7.83. The molecule has 0 radical (unpaired) electrons. The van der Waals surface area contributed by atoms with Gasteiger partial charge in [0.1, 0.15) is 22.3 Å². The predicted octanol–water partition coefficient (Wildman–Crippen LogP) is 13.6. The summed E-state index contributed by atoms with van der Waals surface area (Å²) in [6.07, 6.45) is 0. The van der Waals surface area contributed by atoms with Gasteiger partial charge < -0.3 is 8.83 Å². The average Bonchev–Trinajstić information content (AvgIpc) is 3.95. The lowest BCUT2D eigenvalue weighted by molar-refractivity contribution is 0.668. The lowest BCUT2D eigenvalue weighted by Crippen LogP contribution is -2.06. The maximum Gasteiger partial charge on any atom is 0.238 e. The highest BCUT2D eigenvalue weighted by molar-refractivity contribution is 6.29. The van der Waals surface area contributed by atoms with E-state index in [0.717, 1.165) is 76.8 Å². The summed E-state index contributed by atoms with van der Waals surface area (Å²) in [4.78, 5) is 16.1. The van der Waals surface area contributed by atoms with E-state index in [2.05, 4.69) is 114 Å². The van der Waals surface area contributed by atoms with Crippen molar-refractivity contribution in [3.63, 3.8) is 0 Å². The second-order valence-corrected chi connectivity index (χ2v) is 14.7. The molecule has 0 aliphatic rings. The van der Waals surface area contributed by atoms with Crippen molar-refractivity contribution in [1.82, 2.24) is 19.5 Å². The van der Waals surface area contributed by atoms with E-state index >= 15 is 0 Å². The summed E-state index contributed by atoms with van der Waals surface area (Å²) in [7, 11) is 0. The number of rotatable bonds is 3. The molecule has 0 spiro atoms. The number of benzene rings is 9. The second-order valence-electron chi connectivity index (χ2n) is 14.7. The highest BCUT2D eigenvalue weighted by atomic mass is 16.3. The van der Waals surface area contributed by atoms with Crippen molar-refractivity contribution in [3.8, 4) is 28.7 Å². The van der Waals surface area contributed by atoms with E-state index < -0.39 is 0 Å². The Kier molecular flexibility index (Phi) is 6.07. The van der Waals surface area contributed by atoms with Crippen LogP contribution in [0.15, 0.2) is 179 Å². The minimum atomic E-state index is 0.529. The smallest absolute Gasteiger partial charge is 0.238 e. The second kappa shape index (κ2) is 11.4. The van der Waals surface area contributed by atoms with E-state index in [1.165, 1.54) is 32.3 Å². The van der Waals surface area contributed by atoms with Crippen LogP contribution in [-0.2, 0) is 0 Å². The van der Waals surface area contributed by atoms with E-state index in [1.807, 2.05) is 60.7 Å². The van der Waals surface area contributed by atoms with Crippen molar-refractivity contribution in [2.24, 2.45) is 0 Å². The molecule has 6 nitrogen and oxygen atoms in total. The zero-order valence-electron chi connectivity index (χ0n) is 30.3. The molecule has 0 unspecified atom stereocenters. The predicted molar refractivity (Wildman–Crippen MR) is 232 cm³/mol. The summed E-state index contributed by atoms with van der Waals surface area (Å²) in [6.45, 7) is 0. The quantitative estimate of drug-likeness (QED) is 0.169. The third-order valence-corrected chi connectivity index (χ3v) is 11.6. The zero-order chi connectivity index (χ0) is 37.2. The van der Waals surface area contributed by atoms with Crippen LogP contribution in [0.2, 0.25) is 0 Å². The molecule has 0 aliphatic heterocycles. The number of para-hydroxylation sites is 3. The van der Waals surface area contributed by atoms with E-state index in [-0.39, 0.29) is 0 Å². The molecule has 4 heterocycles. The maximum absolute atomic E-state index is 6.35. The molecule has 0 atom stereocenters. The van der Waals surface area contributed by atoms with Crippen molar-refractivity contribution < 1.29 is 8.83 Å². The molecule has 9 aromatic carbocycles. The molecule has 0 N–H and O–H groups in total. The molecule has 13 rings (SSSR count). The van der Waals surface area contributed by atoms with Crippen molar-refractivity contribution in [3.05, 3.63) is 170 Å². The highest BCUT2D eigenvalue weighted by Gasteiger charge is 2.23. The molecular weight excluding hydrogens is 701 g/mol. The van der Waals surface area contributed by atoms with E-state index in [9.17, 15) is 0 Å². The van der Waals surface area contributed by atoms with Gasteiger partial charge >= 0.3 is 0 Å². The first-order chi connectivity index (χ1) is 28.3. The summed E-state index contributed by atoms with van der Waals surface area (Å²) >= 11 is 0. The van der Waals surface area contributed by atoms with E-state index in [1.54, 1.807) is 0 Å². The molecule has 57 heavy (non-hydrogen) atoms. The van der Waals surface area contributed by atoms with Gasteiger partial charge in [-0.15, -0.1) is 0 Å². The van der Waals surface area contributed by atoms with Crippen LogP contribution in [0.3, 0.4) is 0 Å². The number of hydrogen-bond donors (Lipinski definition) is 0. The lowest BCUT2D eigenvalue weighted by Gasteiger charge is -2.12. The Bertz CT molecular complexity index is 3700. The Morgan fingerprint density at radius 2 is 0.842 bits per heavy atom. The largest absolute Gasteiger partial charge is 0.456 e. The molecule has 6 heteroatoms. The van der Waals surface area contributed by atoms with Crippen LogP contribution in [0.5, 0.6) is 0 Å². The first-order valence-electron chi connectivity index (χ1n) is 19.1. The molecule has 0 amide bonds. The summed E-state index contributed by atoms with van der Waals surface area (Å²) in [5.41, 5.74) is 6.97. The number of nitrogens with zero attached hydrogens (tertiary/aromatic N) is 4. The first kappa shape index (κ1) is 30.5. The molecule has 0 bridgehead atoms. The summed E-state index contributed by atoms with van der Waals surface area (Å²) in [5.74, 6) is 1.64. The van der Waals surface area contributed by atoms with Gasteiger partial charge in [0.25, 0.3) is 0 Å². The Balaban J connectivity index is 1.16. The molecule has 0 saturated heterocycles. The lowest BCUT2D eigenvalue weighted by atomic mass is 9.94. The molecule has 0 aliphatic carbocycles. The van der Waals surface area contributed by atoms with Crippen LogP contribution in [0.1, 0.15) is 0 Å². The van der Waals surface area contributed by atoms with Gasteiger partial charge in [0.05, 0.1) is 11.0 Å². The van der Waals surface area contributed by atoms with Gasteiger partial charge in [0, 0.05) is 43.4 Å². The molecular formula is C51H28N4O2. The van der Waals surface area contributed by atoms with Crippen molar-refractivity contribution in [2.75, 3.05) is 0 Å². The normalized spacial score (nSPS) is 12.2. The van der Waals surface area contributed by atoms with Gasteiger partial charge in [0.15, 0.2) is 11.6 Å². The van der Waals surface area contributed by atoms with Crippen LogP contribution in [-0.4, -0.2) is 19.5 Å². The van der Waals surface area contributed by atoms with Gasteiger partial charge in [-0.1, -0.05) is 133 Å². The van der Waals surface area contributed by atoms with Crippen LogP contribution in [0.25, 0.3) is 127 Å². The third-order valence-electron chi connectivity index (χ3n) is 11.6. The fourth-order valence-corrected chi connectivity index (χ4v) is 9.22. The van der Waals surface area contributed by atoms with Crippen molar-refractivity contribution in [1.29, 1.82) is 0 Å². The summed E-state index contributed by atoms with van der Waals surface area (Å²) in [5, 5.41) is 13.6. The number of hydrogen-bond acceptors (Lipinski definition) is 5. The Morgan fingerprint density at radius 3 is 1.54 bits per heavy atom. The Morgan fingerprint density at radius 1 is 0.316 bits per heavy atom. The maximum atomic E-state index is 6.35. The van der Waals surface area contributed by atoms with Crippen LogP contribution in [0.4, 0.5) is 0 Å². The average molecular weight is 729 g/mol. The molecule has 0 fully saturated rings. The monoisotopic (exact) mass is 728 g/mol. The topological polar surface area (TPSA) is 69.9 Å². The number of fused-ring (bicyclic) bond motifs is 15. The zero-order valence-corrected chi connectivity index (χ0v) is 30.3. The van der Waals surface area contributed by atoms with Crippen LogP contribution in [0, 0.1) is 0 Å². The van der Waals surface area contributed by atoms with Gasteiger partial charge in [0.2, 0.25) is 5.95 Å². The third kappa shape index (κ3) is 4.26. The van der Waals surface area contributed by atoms with Crippen LogP contribution >= 0.6 is 0 Å². The SMILES string of the molecule is c1ccc2c(c1)ccc1ccc3c(ccc4c3c3ccccc3n4-c3nc(-c4cccc5oc6ccccc6c45)nc(-c4cccc5oc6ccccc6c45)n3)c12. The van der Waals surface area contributed by atoms with E-state index in [4.69, 9.17) is 23.8 Å². The van der Waals surface area contributed by atoms with Crippen LogP contribution < -0.4 is 0 Å². The van der Waals surface area contributed by atoms with Gasteiger partial charge in [-0.25, -0.2) is 4.98 Å². The summed E-state index contributed by atoms with van der Waals surface area (Å²) < 4.78 is 14.9.